The van der Waals surface area contributed by atoms with Crippen molar-refractivity contribution in [1.29, 1.82) is 0 Å². The van der Waals surface area contributed by atoms with Crippen LogP contribution in [0.2, 0.25) is 5.02 Å². The fourth-order valence-electron chi connectivity index (χ4n) is 1.67. The van der Waals surface area contributed by atoms with Gasteiger partial charge < -0.3 is 10.2 Å². The number of para-hydroxylation sites is 1. The first kappa shape index (κ1) is 9.81. The van der Waals surface area contributed by atoms with Crippen molar-refractivity contribution in [2.75, 3.05) is 6.61 Å². The van der Waals surface area contributed by atoms with Gasteiger partial charge >= 0.3 is 0 Å². The molecule has 0 atom stereocenters. The number of phenolic OH excluding ortho intramolecular Hbond substituents is 1. The summed E-state index contributed by atoms with van der Waals surface area (Å²) in [6.07, 6.45) is 2.79. The third-order valence-corrected chi connectivity index (χ3v) is 3.23. The van der Waals surface area contributed by atoms with Gasteiger partial charge in [-0.1, -0.05) is 23.7 Å². The van der Waals surface area contributed by atoms with E-state index >= 15 is 0 Å². The van der Waals surface area contributed by atoms with E-state index in [0.29, 0.717) is 5.02 Å². The van der Waals surface area contributed by atoms with Crippen molar-refractivity contribution >= 4 is 11.6 Å². The molecule has 2 rings (SSSR count). The molecule has 0 aliphatic heterocycles. The number of aliphatic hydroxyl groups excluding tert-OH is 1. The van der Waals surface area contributed by atoms with Crippen LogP contribution in [0.15, 0.2) is 18.2 Å². The van der Waals surface area contributed by atoms with Gasteiger partial charge in [-0.2, -0.15) is 0 Å². The van der Waals surface area contributed by atoms with Gasteiger partial charge in [0.25, 0.3) is 0 Å². The summed E-state index contributed by atoms with van der Waals surface area (Å²) >= 11 is 5.79. The first-order valence-electron chi connectivity index (χ1n) is 4.74. The van der Waals surface area contributed by atoms with Gasteiger partial charge in [-0.15, -0.1) is 0 Å². The summed E-state index contributed by atoms with van der Waals surface area (Å²) in [6, 6.07) is 5.35. The van der Waals surface area contributed by atoms with Gasteiger partial charge in [-0.3, -0.25) is 0 Å². The average Bonchev–Trinajstić information content (AvgIpc) is 2.94. The highest BCUT2D eigenvalue weighted by Gasteiger charge is 2.42. The number of halogens is 1. The Morgan fingerprint density at radius 1 is 1.36 bits per heavy atom. The van der Waals surface area contributed by atoms with Gasteiger partial charge in [0.1, 0.15) is 5.75 Å². The fraction of sp³-hybridized carbons (Fsp3) is 0.455. The van der Waals surface area contributed by atoms with Crippen molar-refractivity contribution < 1.29 is 10.2 Å². The molecule has 0 saturated heterocycles. The van der Waals surface area contributed by atoms with Crippen LogP contribution in [0.3, 0.4) is 0 Å². The predicted molar refractivity (Wildman–Crippen MR) is 55.6 cm³/mol. The van der Waals surface area contributed by atoms with E-state index in [4.69, 9.17) is 16.7 Å². The molecule has 3 heteroatoms. The average molecular weight is 213 g/mol. The number of hydrogen-bond donors (Lipinski definition) is 2. The van der Waals surface area contributed by atoms with Crippen LogP contribution in [0.25, 0.3) is 0 Å². The van der Waals surface area contributed by atoms with E-state index in [0.717, 1.165) is 24.8 Å². The van der Waals surface area contributed by atoms with Crippen LogP contribution in [-0.2, 0) is 6.42 Å². The number of aromatic hydroxyl groups is 1. The minimum atomic E-state index is 0.0160. The lowest BCUT2D eigenvalue weighted by Crippen LogP contribution is -2.10. The molecule has 0 amide bonds. The smallest absolute Gasteiger partial charge is 0.137 e. The number of hydrogen-bond acceptors (Lipinski definition) is 2. The summed E-state index contributed by atoms with van der Waals surface area (Å²) in [6.45, 7) is 0.193. The number of phenols is 1. The molecule has 1 aliphatic carbocycles. The van der Waals surface area contributed by atoms with Crippen molar-refractivity contribution in [3.05, 3.63) is 28.8 Å². The Labute approximate surface area is 88.1 Å². The van der Waals surface area contributed by atoms with Crippen LogP contribution in [-0.4, -0.2) is 16.8 Å². The molecule has 1 fully saturated rings. The van der Waals surface area contributed by atoms with Crippen molar-refractivity contribution in [3.63, 3.8) is 0 Å². The van der Waals surface area contributed by atoms with Gasteiger partial charge in [-0.05, 0) is 36.3 Å². The van der Waals surface area contributed by atoms with E-state index in [2.05, 4.69) is 0 Å². The summed E-state index contributed by atoms with van der Waals surface area (Å²) in [5, 5.41) is 19.2. The van der Waals surface area contributed by atoms with E-state index in [1.807, 2.05) is 12.1 Å². The molecule has 0 radical (unpaired) electrons. The van der Waals surface area contributed by atoms with E-state index < -0.39 is 0 Å². The van der Waals surface area contributed by atoms with Crippen LogP contribution >= 0.6 is 11.6 Å². The van der Waals surface area contributed by atoms with Crippen molar-refractivity contribution in [1.82, 2.24) is 0 Å². The maximum atomic E-state index is 9.67. The third kappa shape index (κ3) is 1.72. The van der Waals surface area contributed by atoms with Gasteiger partial charge in [0, 0.05) is 6.61 Å². The van der Waals surface area contributed by atoms with Crippen molar-refractivity contribution in [2.24, 2.45) is 5.41 Å². The zero-order valence-electron chi connectivity index (χ0n) is 7.83. The topological polar surface area (TPSA) is 40.5 Å². The van der Waals surface area contributed by atoms with Crippen LogP contribution in [0, 0.1) is 5.41 Å². The standard InChI is InChI=1S/C11H13ClO2/c12-9-3-1-2-8(10(9)14)6-11(7-13)4-5-11/h1-3,13-14H,4-7H2. The SMILES string of the molecule is OCC1(Cc2cccc(Cl)c2O)CC1. The van der Waals surface area contributed by atoms with Gasteiger partial charge in [0.15, 0.2) is 0 Å². The van der Waals surface area contributed by atoms with Crippen LogP contribution in [0.5, 0.6) is 5.75 Å². The lowest BCUT2D eigenvalue weighted by molar-refractivity contribution is 0.210. The summed E-state index contributed by atoms with van der Waals surface area (Å²) < 4.78 is 0. The van der Waals surface area contributed by atoms with Crippen molar-refractivity contribution in [2.45, 2.75) is 19.3 Å². The number of aliphatic hydroxyl groups is 1. The molecule has 0 aromatic heterocycles. The summed E-state index contributed by atoms with van der Waals surface area (Å²) in [7, 11) is 0. The molecule has 1 aromatic rings. The maximum absolute atomic E-state index is 9.67. The van der Waals surface area contributed by atoms with Gasteiger partial charge in [0.05, 0.1) is 5.02 Å². The molecule has 1 aliphatic rings. The molecule has 0 spiro atoms. The number of benzene rings is 1. The third-order valence-electron chi connectivity index (χ3n) is 2.93. The van der Waals surface area contributed by atoms with Crippen LogP contribution in [0.4, 0.5) is 0 Å². The van der Waals surface area contributed by atoms with Crippen LogP contribution < -0.4 is 0 Å². The van der Waals surface area contributed by atoms with E-state index in [1.165, 1.54) is 0 Å². The second-order valence-corrected chi connectivity index (χ2v) is 4.49. The predicted octanol–water partition coefficient (Wildman–Crippen LogP) is 2.36. The Morgan fingerprint density at radius 3 is 2.64 bits per heavy atom. The molecule has 0 bridgehead atoms. The molecule has 1 aromatic carbocycles. The second-order valence-electron chi connectivity index (χ2n) is 4.08. The molecular weight excluding hydrogens is 200 g/mol. The Morgan fingerprint density at radius 2 is 2.07 bits per heavy atom. The largest absolute Gasteiger partial charge is 0.506 e. The van der Waals surface area contributed by atoms with Gasteiger partial charge in [-0.25, -0.2) is 0 Å². The lowest BCUT2D eigenvalue weighted by atomic mass is 9.97. The first-order valence-corrected chi connectivity index (χ1v) is 5.12. The molecule has 2 N–H and O–H groups in total. The highest BCUT2D eigenvalue weighted by atomic mass is 35.5. The monoisotopic (exact) mass is 212 g/mol. The van der Waals surface area contributed by atoms with E-state index in [-0.39, 0.29) is 17.8 Å². The van der Waals surface area contributed by atoms with Crippen LogP contribution in [0.1, 0.15) is 18.4 Å². The number of rotatable bonds is 3. The fourth-order valence-corrected chi connectivity index (χ4v) is 1.87. The molecule has 1 saturated carbocycles. The molecule has 14 heavy (non-hydrogen) atoms. The Hall–Kier alpha value is -0.730. The van der Waals surface area contributed by atoms with Gasteiger partial charge in [0.2, 0.25) is 0 Å². The highest BCUT2D eigenvalue weighted by molar-refractivity contribution is 6.32. The van der Waals surface area contributed by atoms with E-state index in [9.17, 15) is 5.11 Å². The normalized spacial score (nSPS) is 18.1. The zero-order valence-corrected chi connectivity index (χ0v) is 8.59. The molecule has 76 valence electrons. The molecular formula is C11H13ClO2. The molecule has 0 unspecified atom stereocenters. The summed E-state index contributed by atoms with van der Waals surface area (Å²) in [5.41, 5.74) is 0.853. The minimum absolute atomic E-state index is 0.0160. The zero-order chi connectivity index (χ0) is 10.2. The quantitative estimate of drug-likeness (QED) is 0.808. The lowest BCUT2D eigenvalue weighted by Gasteiger charge is -2.12. The summed E-state index contributed by atoms with van der Waals surface area (Å²) in [5.74, 6) is 0.161. The Balaban J connectivity index is 2.21. The summed E-state index contributed by atoms with van der Waals surface area (Å²) in [4.78, 5) is 0. The highest BCUT2D eigenvalue weighted by Crippen LogP contribution is 2.49. The Kier molecular flexibility index (Phi) is 2.41. The minimum Gasteiger partial charge on any atom is -0.506 e. The molecule has 2 nitrogen and oxygen atoms in total. The Bertz CT molecular complexity index is 345. The second kappa shape index (κ2) is 3.44. The maximum Gasteiger partial charge on any atom is 0.137 e. The molecule has 0 heterocycles. The van der Waals surface area contributed by atoms with E-state index in [1.54, 1.807) is 6.07 Å². The first-order chi connectivity index (χ1) is 6.67. The van der Waals surface area contributed by atoms with Crippen molar-refractivity contribution in [3.8, 4) is 5.75 Å².